The number of pyridine rings is 1. The highest BCUT2D eigenvalue weighted by Crippen LogP contribution is 2.33. The normalized spacial score (nSPS) is 12.8. The molecule has 128 valence electrons. The van der Waals surface area contributed by atoms with Gasteiger partial charge in [0.2, 0.25) is 0 Å². The summed E-state index contributed by atoms with van der Waals surface area (Å²) in [5.74, 6) is 2.17. The molecule has 0 amide bonds. The molecule has 0 atom stereocenters. The molecule has 0 fully saturated rings. The Morgan fingerprint density at radius 1 is 1.08 bits per heavy atom. The van der Waals surface area contributed by atoms with E-state index in [4.69, 9.17) is 14.2 Å². The first-order valence-electron chi connectivity index (χ1n) is 8.06. The molecule has 1 aliphatic heterocycles. The second kappa shape index (κ2) is 6.39. The van der Waals surface area contributed by atoms with E-state index in [0.717, 1.165) is 22.3 Å². The van der Waals surface area contributed by atoms with E-state index in [-0.39, 0.29) is 5.56 Å². The number of fused-ring (bicyclic) bond motifs is 2. The largest absolute Gasteiger partial charge is 0.497 e. The van der Waals surface area contributed by atoms with Gasteiger partial charge < -0.3 is 24.5 Å². The van der Waals surface area contributed by atoms with Crippen molar-refractivity contribution in [3.05, 3.63) is 58.4 Å². The molecule has 0 aliphatic carbocycles. The minimum absolute atomic E-state index is 0.120. The van der Waals surface area contributed by atoms with Crippen LogP contribution in [0.4, 0.5) is 5.69 Å². The third-order valence-corrected chi connectivity index (χ3v) is 4.16. The fraction of sp³-hybridized carbons (Fsp3) is 0.211. The average Bonchev–Trinajstić information content (AvgIpc) is 2.65. The first-order chi connectivity index (χ1) is 12.2. The molecule has 0 bridgehead atoms. The summed E-state index contributed by atoms with van der Waals surface area (Å²) >= 11 is 0. The van der Waals surface area contributed by atoms with Crippen LogP contribution in [0.1, 0.15) is 5.56 Å². The third kappa shape index (κ3) is 3.10. The summed E-state index contributed by atoms with van der Waals surface area (Å²) in [6.45, 7) is 1.48. The lowest BCUT2D eigenvalue weighted by atomic mass is 10.1. The summed E-state index contributed by atoms with van der Waals surface area (Å²) in [7, 11) is 1.63. The van der Waals surface area contributed by atoms with Crippen LogP contribution in [-0.4, -0.2) is 25.3 Å². The quantitative estimate of drug-likeness (QED) is 0.765. The monoisotopic (exact) mass is 338 g/mol. The van der Waals surface area contributed by atoms with Gasteiger partial charge in [0.05, 0.1) is 12.6 Å². The Labute approximate surface area is 144 Å². The second-order valence-corrected chi connectivity index (χ2v) is 5.79. The zero-order valence-corrected chi connectivity index (χ0v) is 13.8. The van der Waals surface area contributed by atoms with Gasteiger partial charge in [0.25, 0.3) is 5.56 Å². The van der Waals surface area contributed by atoms with E-state index in [1.165, 1.54) is 0 Å². The van der Waals surface area contributed by atoms with Crippen molar-refractivity contribution >= 4 is 16.6 Å². The van der Waals surface area contributed by atoms with Crippen LogP contribution in [0.3, 0.4) is 0 Å². The number of H-pyrrole nitrogens is 1. The molecule has 0 saturated heterocycles. The van der Waals surface area contributed by atoms with Crippen LogP contribution in [0.25, 0.3) is 10.9 Å². The van der Waals surface area contributed by atoms with Gasteiger partial charge >= 0.3 is 0 Å². The first kappa shape index (κ1) is 15.4. The molecule has 2 N–H and O–H groups in total. The zero-order chi connectivity index (χ0) is 17.2. The number of anilines is 1. The van der Waals surface area contributed by atoms with Crippen LogP contribution in [0.5, 0.6) is 17.2 Å². The summed E-state index contributed by atoms with van der Waals surface area (Å²) in [6, 6.07) is 13.2. The number of rotatable bonds is 4. The van der Waals surface area contributed by atoms with E-state index >= 15 is 0 Å². The molecule has 0 saturated carbocycles. The molecule has 2 heterocycles. The molecule has 0 unspecified atom stereocenters. The maximum atomic E-state index is 12.3. The van der Waals surface area contributed by atoms with Crippen LogP contribution in [0.2, 0.25) is 0 Å². The van der Waals surface area contributed by atoms with Gasteiger partial charge in [-0.25, -0.2) is 0 Å². The summed E-state index contributed by atoms with van der Waals surface area (Å²) < 4.78 is 16.3. The zero-order valence-electron chi connectivity index (χ0n) is 13.8. The number of benzene rings is 2. The molecule has 3 aromatic rings. The predicted molar refractivity (Wildman–Crippen MR) is 95.9 cm³/mol. The molecule has 2 aromatic carbocycles. The van der Waals surface area contributed by atoms with Crippen molar-refractivity contribution < 1.29 is 14.2 Å². The van der Waals surface area contributed by atoms with Gasteiger partial charge in [-0.15, -0.1) is 0 Å². The van der Waals surface area contributed by atoms with Crippen LogP contribution >= 0.6 is 0 Å². The third-order valence-electron chi connectivity index (χ3n) is 4.16. The number of hydrogen-bond donors (Lipinski definition) is 2. The van der Waals surface area contributed by atoms with Gasteiger partial charge in [0, 0.05) is 29.2 Å². The van der Waals surface area contributed by atoms with Crippen molar-refractivity contribution in [1.82, 2.24) is 4.98 Å². The molecule has 25 heavy (non-hydrogen) atoms. The number of ether oxygens (including phenoxy) is 3. The maximum Gasteiger partial charge on any atom is 0.253 e. The highest BCUT2D eigenvalue weighted by molar-refractivity contribution is 5.83. The Morgan fingerprint density at radius 2 is 1.80 bits per heavy atom. The molecular weight excluding hydrogens is 320 g/mol. The van der Waals surface area contributed by atoms with Crippen LogP contribution in [0, 0.1) is 0 Å². The summed E-state index contributed by atoms with van der Waals surface area (Å²) in [5, 5.41) is 4.16. The molecule has 1 aliphatic rings. The lowest BCUT2D eigenvalue weighted by Gasteiger charge is -2.19. The molecule has 6 heteroatoms. The van der Waals surface area contributed by atoms with Gasteiger partial charge in [0.15, 0.2) is 11.5 Å². The van der Waals surface area contributed by atoms with Crippen LogP contribution in [-0.2, 0) is 6.54 Å². The standard InChI is InChI=1S/C19H18N2O4/c1-23-15-4-2-14(3-5-15)20-11-13-8-12-9-17-18(25-7-6-24-17)10-16(12)21-19(13)22/h2-5,8-10,20H,6-7,11H2,1H3,(H,21,22). The molecule has 0 radical (unpaired) electrons. The summed E-state index contributed by atoms with van der Waals surface area (Å²) in [5.41, 5.74) is 2.19. The Bertz CT molecular complexity index is 964. The predicted octanol–water partition coefficient (Wildman–Crippen LogP) is 2.92. The van der Waals surface area contributed by atoms with Crippen molar-refractivity contribution in [2.75, 3.05) is 25.6 Å². The Hall–Kier alpha value is -3.15. The van der Waals surface area contributed by atoms with E-state index < -0.39 is 0 Å². The fourth-order valence-electron chi connectivity index (χ4n) is 2.83. The van der Waals surface area contributed by atoms with Gasteiger partial charge in [0.1, 0.15) is 19.0 Å². The lowest BCUT2D eigenvalue weighted by molar-refractivity contribution is 0.172. The Morgan fingerprint density at radius 3 is 2.52 bits per heavy atom. The second-order valence-electron chi connectivity index (χ2n) is 5.79. The van der Waals surface area contributed by atoms with Gasteiger partial charge in [-0.05, 0) is 36.4 Å². The minimum Gasteiger partial charge on any atom is -0.497 e. The van der Waals surface area contributed by atoms with E-state index in [9.17, 15) is 4.79 Å². The number of aromatic amines is 1. The van der Waals surface area contributed by atoms with Crippen molar-refractivity contribution in [2.45, 2.75) is 6.54 Å². The first-order valence-corrected chi connectivity index (χ1v) is 8.06. The van der Waals surface area contributed by atoms with Crippen LogP contribution in [0.15, 0.2) is 47.3 Å². The topological polar surface area (TPSA) is 72.6 Å². The average molecular weight is 338 g/mol. The van der Waals surface area contributed by atoms with Gasteiger partial charge in [-0.3, -0.25) is 4.79 Å². The van der Waals surface area contributed by atoms with Crippen molar-refractivity contribution in [1.29, 1.82) is 0 Å². The van der Waals surface area contributed by atoms with Crippen molar-refractivity contribution in [2.24, 2.45) is 0 Å². The van der Waals surface area contributed by atoms with Gasteiger partial charge in [-0.1, -0.05) is 0 Å². The van der Waals surface area contributed by atoms with E-state index in [1.807, 2.05) is 42.5 Å². The molecular formula is C19H18N2O4. The fourth-order valence-corrected chi connectivity index (χ4v) is 2.83. The minimum atomic E-state index is -0.120. The Kier molecular flexibility index (Phi) is 3.93. The number of aromatic nitrogens is 1. The maximum absolute atomic E-state index is 12.3. The number of hydrogen-bond acceptors (Lipinski definition) is 5. The lowest BCUT2D eigenvalue weighted by Crippen LogP contribution is -2.17. The van der Waals surface area contributed by atoms with Crippen molar-refractivity contribution in [3.8, 4) is 17.2 Å². The van der Waals surface area contributed by atoms with E-state index in [1.54, 1.807) is 7.11 Å². The highest BCUT2D eigenvalue weighted by Gasteiger charge is 2.14. The molecule has 4 rings (SSSR count). The highest BCUT2D eigenvalue weighted by atomic mass is 16.6. The summed E-state index contributed by atoms with van der Waals surface area (Å²) in [4.78, 5) is 15.2. The Balaban J connectivity index is 1.60. The van der Waals surface area contributed by atoms with E-state index in [2.05, 4.69) is 10.3 Å². The summed E-state index contributed by atoms with van der Waals surface area (Å²) in [6.07, 6.45) is 0. The molecule has 0 spiro atoms. The van der Waals surface area contributed by atoms with E-state index in [0.29, 0.717) is 36.8 Å². The molecule has 6 nitrogen and oxygen atoms in total. The number of methoxy groups -OCH3 is 1. The van der Waals surface area contributed by atoms with Crippen molar-refractivity contribution in [3.63, 3.8) is 0 Å². The van der Waals surface area contributed by atoms with Gasteiger partial charge in [-0.2, -0.15) is 0 Å². The smallest absolute Gasteiger partial charge is 0.253 e. The van der Waals surface area contributed by atoms with Crippen LogP contribution < -0.4 is 25.1 Å². The molecule has 1 aromatic heterocycles. The number of nitrogens with one attached hydrogen (secondary N) is 2. The SMILES string of the molecule is COc1ccc(NCc2cc3cc4c(cc3[nH]c2=O)OCCO4)cc1.